The van der Waals surface area contributed by atoms with Crippen molar-refractivity contribution < 1.29 is 9.18 Å². The molecule has 9 heteroatoms. The Hall–Kier alpha value is -3.07. The molecular formula is C19H18BrFN4O3. The average molecular weight is 449 g/mol. The monoisotopic (exact) mass is 448 g/mol. The molecule has 3 rings (SSSR count). The lowest BCUT2D eigenvalue weighted by Gasteiger charge is -2.16. The van der Waals surface area contributed by atoms with Crippen LogP contribution in [0, 0.1) is 11.2 Å². The van der Waals surface area contributed by atoms with E-state index in [1.165, 1.54) is 30.8 Å². The number of halogens is 2. The fourth-order valence-corrected chi connectivity index (χ4v) is 2.78. The highest BCUT2D eigenvalue weighted by Crippen LogP contribution is 2.12. The van der Waals surface area contributed by atoms with Crippen LogP contribution in [0.1, 0.15) is 21.6 Å². The molecule has 0 aliphatic carbocycles. The molecule has 0 fully saturated rings. The zero-order valence-corrected chi connectivity index (χ0v) is 16.9. The van der Waals surface area contributed by atoms with Crippen molar-refractivity contribution >= 4 is 22.8 Å². The minimum absolute atomic E-state index is 0. The van der Waals surface area contributed by atoms with E-state index in [2.05, 4.69) is 0 Å². The predicted octanol–water partition coefficient (Wildman–Crippen LogP) is 1.36. The minimum atomic E-state index is -0.708. The third-order valence-corrected chi connectivity index (χ3v) is 4.34. The van der Waals surface area contributed by atoms with Gasteiger partial charge in [-0.25, -0.2) is 9.18 Å². The molecule has 1 N–H and O–H groups in total. The lowest BCUT2D eigenvalue weighted by Crippen LogP contribution is -2.43. The Bertz CT molecular complexity index is 1190. The van der Waals surface area contributed by atoms with Crippen molar-refractivity contribution in [1.82, 2.24) is 13.7 Å². The molecule has 2 heterocycles. The first kappa shape index (κ1) is 21.2. The van der Waals surface area contributed by atoms with Crippen LogP contribution in [0.25, 0.3) is 0 Å². The number of ketones is 1. The van der Waals surface area contributed by atoms with Crippen LogP contribution in [0.2, 0.25) is 0 Å². The average Bonchev–Trinajstić information content (AvgIpc) is 2.66. The van der Waals surface area contributed by atoms with Gasteiger partial charge in [0.05, 0.1) is 17.6 Å². The summed E-state index contributed by atoms with van der Waals surface area (Å²) < 4.78 is 17.0. The van der Waals surface area contributed by atoms with Crippen molar-refractivity contribution in [3.8, 4) is 0 Å². The number of carbonyl (C=O) groups excluding carboxylic acids is 1. The van der Waals surface area contributed by atoms with Crippen LogP contribution in [0.4, 0.5) is 4.39 Å². The van der Waals surface area contributed by atoms with Gasteiger partial charge in [-0.2, -0.15) is 0 Å². The normalized spacial score (nSPS) is 10.4. The third kappa shape index (κ3) is 3.94. The molecule has 2 aromatic heterocycles. The van der Waals surface area contributed by atoms with E-state index in [1.54, 1.807) is 29.1 Å². The summed E-state index contributed by atoms with van der Waals surface area (Å²) in [7, 11) is 2.79. The van der Waals surface area contributed by atoms with Crippen molar-refractivity contribution in [3.63, 3.8) is 0 Å². The number of rotatable bonds is 4. The number of carbonyl (C=O) groups is 1. The van der Waals surface area contributed by atoms with E-state index in [0.29, 0.717) is 5.36 Å². The molecule has 0 radical (unpaired) electrons. The van der Waals surface area contributed by atoms with Gasteiger partial charge in [0, 0.05) is 32.1 Å². The fraction of sp³-hybridized carbons (Fsp3) is 0.158. The van der Waals surface area contributed by atoms with Crippen molar-refractivity contribution in [3.05, 3.63) is 97.6 Å². The van der Waals surface area contributed by atoms with Crippen LogP contribution in [-0.4, -0.2) is 19.5 Å². The van der Waals surface area contributed by atoms with Gasteiger partial charge >= 0.3 is 5.69 Å². The van der Waals surface area contributed by atoms with Crippen LogP contribution in [0.3, 0.4) is 0 Å². The number of benzene rings is 1. The summed E-state index contributed by atoms with van der Waals surface area (Å²) in [4.78, 5) is 38.0. The van der Waals surface area contributed by atoms with E-state index >= 15 is 0 Å². The number of hydrogen-bond acceptors (Lipinski definition) is 4. The molecule has 7 nitrogen and oxygen atoms in total. The molecule has 0 aliphatic heterocycles. The van der Waals surface area contributed by atoms with Crippen molar-refractivity contribution in [1.29, 1.82) is 5.41 Å². The summed E-state index contributed by atoms with van der Waals surface area (Å²) in [5, 5.41) is 7.86. The first-order chi connectivity index (χ1) is 12.8. The summed E-state index contributed by atoms with van der Waals surface area (Å²) >= 11 is 0. The molecule has 0 spiro atoms. The van der Waals surface area contributed by atoms with Gasteiger partial charge in [0.2, 0.25) is 0 Å². The standard InChI is InChI=1S/C19H17FN4O3.BrH/c1-22-15(11-24-9-7-14(21)8-10-24)16(18(26)23(2)19(22)27)17(25)12-3-5-13(20)6-4-12;/h3-10,21H,11H2,1-2H3;1H. The quantitative estimate of drug-likeness (QED) is 0.611. The third-order valence-electron chi connectivity index (χ3n) is 4.34. The highest BCUT2D eigenvalue weighted by Gasteiger charge is 2.23. The Labute approximate surface area is 169 Å². The largest absolute Gasteiger partial charge is 0.348 e. The van der Waals surface area contributed by atoms with Crippen LogP contribution < -0.4 is 16.6 Å². The van der Waals surface area contributed by atoms with Gasteiger partial charge in [0.25, 0.3) is 5.56 Å². The molecule has 3 aromatic rings. The maximum absolute atomic E-state index is 13.2. The topological polar surface area (TPSA) is 89.8 Å². The molecule has 0 saturated heterocycles. The van der Waals surface area contributed by atoms with Gasteiger partial charge in [0.15, 0.2) is 5.78 Å². The van der Waals surface area contributed by atoms with Crippen LogP contribution >= 0.6 is 17.0 Å². The molecule has 0 atom stereocenters. The second kappa shape index (κ2) is 8.30. The van der Waals surface area contributed by atoms with Gasteiger partial charge < -0.3 is 9.98 Å². The maximum Gasteiger partial charge on any atom is 0.330 e. The molecule has 0 amide bonds. The smallest absolute Gasteiger partial charge is 0.330 e. The molecule has 0 bridgehead atoms. The summed E-state index contributed by atoms with van der Waals surface area (Å²) in [5.41, 5.74) is -1.02. The Morgan fingerprint density at radius 2 is 1.57 bits per heavy atom. The second-order valence-electron chi connectivity index (χ2n) is 6.12. The van der Waals surface area contributed by atoms with E-state index in [1.807, 2.05) is 0 Å². The SMILES string of the molecule is Br.Cn1c(Cn2ccc(=N)cc2)c(C(=O)c2ccc(F)cc2)c(=O)n(C)c1=O. The van der Waals surface area contributed by atoms with Gasteiger partial charge in [-0.05, 0) is 36.4 Å². The zero-order valence-electron chi connectivity index (χ0n) is 15.2. The van der Waals surface area contributed by atoms with Crippen LogP contribution in [-0.2, 0) is 20.6 Å². The van der Waals surface area contributed by atoms with Crippen molar-refractivity contribution in [2.45, 2.75) is 6.54 Å². The van der Waals surface area contributed by atoms with E-state index in [4.69, 9.17) is 5.41 Å². The molecular weight excluding hydrogens is 431 g/mol. The molecule has 146 valence electrons. The highest BCUT2D eigenvalue weighted by molar-refractivity contribution is 8.93. The lowest BCUT2D eigenvalue weighted by molar-refractivity contribution is 0.103. The summed E-state index contributed by atoms with van der Waals surface area (Å²) in [5.74, 6) is -1.08. The molecule has 28 heavy (non-hydrogen) atoms. The lowest BCUT2D eigenvalue weighted by atomic mass is 10.0. The number of nitrogens with one attached hydrogen (secondary N) is 1. The maximum atomic E-state index is 13.2. The Kier molecular flexibility index (Phi) is 6.30. The summed E-state index contributed by atoms with van der Waals surface area (Å²) in [6.07, 6.45) is 3.24. The van der Waals surface area contributed by atoms with Gasteiger partial charge in [-0.15, -0.1) is 17.0 Å². The minimum Gasteiger partial charge on any atom is -0.348 e. The van der Waals surface area contributed by atoms with Crippen molar-refractivity contribution in [2.24, 2.45) is 14.1 Å². The van der Waals surface area contributed by atoms with E-state index in [0.717, 1.165) is 16.7 Å². The Morgan fingerprint density at radius 3 is 2.14 bits per heavy atom. The van der Waals surface area contributed by atoms with Gasteiger partial charge in [-0.1, -0.05) is 0 Å². The molecule has 1 aromatic carbocycles. The summed E-state index contributed by atoms with van der Waals surface area (Å²) in [6.45, 7) is 0.0877. The fourth-order valence-electron chi connectivity index (χ4n) is 2.78. The molecule has 0 saturated carbocycles. The first-order valence-electron chi connectivity index (χ1n) is 8.09. The number of hydrogen-bond donors (Lipinski definition) is 1. The summed E-state index contributed by atoms with van der Waals surface area (Å²) in [6, 6.07) is 7.99. The Balaban J connectivity index is 0.00000280. The zero-order chi connectivity index (χ0) is 19.7. The van der Waals surface area contributed by atoms with Crippen LogP contribution in [0.5, 0.6) is 0 Å². The highest BCUT2D eigenvalue weighted by atomic mass is 79.9. The number of nitrogens with zero attached hydrogens (tertiary/aromatic N) is 3. The predicted molar refractivity (Wildman–Crippen MR) is 106 cm³/mol. The van der Waals surface area contributed by atoms with E-state index < -0.39 is 22.8 Å². The first-order valence-corrected chi connectivity index (χ1v) is 8.09. The molecule has 0 unspecified atom stereocenters. The van der Waals surface area contributed by atoms with Crippen LogP contribution in [0.15, 0.2) is 58.4 Å². The number of pyridine rings is 1. The van der Waals surface area contributed by atoms with Gasteiger partial charge in [-0.3, -0.25) is 18.7 Å². The van der Waals surface area contributed by atoms with E-state index in [9.17, 15) is 18.8 Å². The van der Waals surface area contributed by atoms with Crippen molar-refractivity contribution in [2.75, 3.05) is 0 Å². The molecule has 0 aliphatic rings. The van der Waals surface area contributed by atoms with E-state index in [-0.39, 0.29) is 40.3 Å². The Morgan fingerprint density at radius 1 is 1.00 bits per heavy atom. The van der Waals surface area contributed by atoms with Gasteiger partial charge in [0.1, 0.15) is 11.4 Å². The second-order valence-corrected chi connectivity index (χ2v) is 6.12. The number of aromatic nitrogens is 3.